The Labute approximate surface area is 332 Å². The minimum atomic E-state index is -5.29. The second-order valence-corrected chi connectivity index (χ2v) is 97.0. The fraction of sp³-hybridized carbons (Fsp3) is 0.259. The van der Waals surface area contributed by atoms with Gasteiger partial charge in [-0.2, -0.15) is 0 Å². The molecule has 6 aromatic carbocycles. The van der Waals surface area contributed by atoms with Gasteiger partial charge in [0.2, 0.25) is 0 Å². The minimum absolute atomic E-state index is 0.394. The van der Waals surface area contributed by atoms with Gasteiger partial charge in [-0.3, -0.25) is 0 Å². The zero-order chi connectivity index (χ0) is 38.9. The molecule has 56 heavy (non-hydrogen) atoms. The van der Waals surface area contributed by atoms with E-state index in [9.17, 15) is 0 Å². The van der Waals surface area contributed by atoms with Crippen molar-refractivity contribution in [2.45, 2.75) is 77.4 Å². The Morgan fingerprint density at radius 2 is 0.768 bits per heavy atom. The summed E-state index contributed by atoms with van der Waals surface area (Å²) in [6, 6.07) is 54.6. The molecule has 8 rings (SSSR count). The zero-order valence-corrected chi connectivity index (χ0v) is 39.2. The van der Waals surface area contributed by atoms with Crippen LogP contribution >= 0.6 is 0 Å². The number of fused-ring (bicyclic) bond motifs is 2. The van der Waals surface area contributed by atoms with E-state index in [0.717, 1.165) is 0 Å². The van der Waals surface area contributed by atoms with E-state index >= 15 is 0 Å². The van der Waals surface area contributed by atoms with Crippen LogP contribution in [0.3, 0.4) is 0 Å². The Kier molecular flexibility index (Phi) is 9.73. The molecule has 2 atom stereocenters. The fourth-order valence-corrected chi connectivity index (χ4v) is 61.6. The van der Waals surface area contributed by atoms with Crippen LogP contribution in [-0.2, 0) is 14.2 Å². The van der Waals surface area contributed by atoms with Crippen molar-refractivity contribution in [3.05, 3.63) is 180 Å². The van der Waals surface area contributed by atoms with Crippen LogP contribution in [0.1, 0.15) is 82.0 Å². The third-order valence-electron chi connectivity index (χ3n) is 15.2. The average Bonchev–Trinajstić information content (AvgIpc) is 3.90. The van der Waals surface area contributed by atoms with Gasteiger partial charge in [-0.15, -0.1) is 0 Å². The predicted octanol–water partition coefficient (Wildman–Crippen LogP) is 15.8. The molecule has 6 aromatic rings. The van der Waals surface area contributed by atoms with Crippen LogP contribution in [0, 0.1) is 0 Å². The van der Waals surface area contributed by atoms with Gasteiger partial charge in [-0.25, -0.2) is 0 Å². The normalized spacial score (nSPS) is 17.8. The van der Waals surface area contributed by atoms with Gasteiger partial charge >= 0.3 is 335 Å². The van der Waals surface area contributed by atoms with Gasteiger partial charge in [0.1, 0.15) is 0 Å². The van der Waals surface area contributed by atoms with Crippen LogP contribution in [0.5, 0.6) is 0 Å². The van der Waals surface area contributed by atoms with Gasteiger partial charge in [0.15, 0.2) is 0 Å². The summed E-state index contributed by atoms with van der Waals surface area (Å²) >= 11 is -5.29. The summed E-state index contributed by atoms with van der Waals surface area (Å²) < 4.78 is 9.39. The summed E-state index contributed by atoms with van der Waals surface area (Å²) in [5.41, 5.74) is 16.5. The van der Waals surface area contributed by atoms with Crippen molar-refractivity contribution in [2.75, 3.05) is 0 Å². The summed E-state index contributed by atoms with van der Waals surface area (Å²) in [7, 11) is 0. The number of benzene rings is 6. The first-order valence-electron chi connectivity index (χ1n) is 21.5. The average molecular weight is 916 g/mol. The first kappa shape index (κ1) is 38.7. The molecule has 284 valence electrons. The van der Waals surface area contributed by atoms with Crippen molar-refractivity contribution >= 4 is 19.1 Å². The van der Waals surface area contributed by atoms with Crippen molar-refractivity contribution in [2.24, 2.45) is 0 Å². The molecule has 0 aliphatic heterocycles. The van der Waals surface area contributed by atoms with Crippen LogP contribution < -0.4 is 0 Å². The molecule has 0 aromatic heterocycles. The maximum atomic E-state index is 2.97. The SMILES string of the molecule is CCCC[CH2][Hf]([CH3])([CH3])(=[SiH2])([CH2]CCCC)([CH]1C=Cc2c(-c3ccccc3-c3ccccc3)cccc21)[CH]1C=Cc2c(-c3ccccc3-c3ccccc3)cccc21. The van der Waals surface area contributed by atoms with E-state index in [1.165, 1.54) is 103 Å². The van der Waals surface area contributed by atoms with E-state index in [1.54, 1.807) is 11.1 Å². The quantitative estimate of drug-likeness (QED) is 0.0754. The first-order valence-corrected chi connectivity index (χ1v) is 46.2. The second kappa shape index (κ2) is 14.1. The summed E-state index contributed by atoms with van der Waals surface area (Å²) in [6.07, 6.45) is 18.2. The molecule has 0 spiro atoms. The van der Waals surface area contributed by atoms with Crippen molar-refractivity contribution in [1.82, 2.24) is 0 Å². The van der Waals surface area contributed by atoms with Gasteiger partial charge in [0.25, 0.3) is 0 Å². The molecular weight excluding hydrogens is 855 g/mol. The molecule has 2 aliphatic rings. The Morgan fingerprint density at radius 1 is 0.411 bits per heavy atom. The molecule has 0 saturated carbocycles. The fourth-order valence-electron chi connectivity index (χ4n) is 12.0. The zero-order valence-electron chi connectivity index (χ0n) is 34.2. The van der Waals surface area contributed by atoms with Gasteiger partial charge in [0, 0.05) is 0 Å². The molecule has 2 unspecified atom stereocenters. The third-order valence-corrected chi connectivity index (χ3v) is 71.8. The topological polar surface area (TPSA) is 0 Å². The Morgan fingerprint density at radius 3 is 1.16 bits per heavy atom. The Balaban J connectivity index is 1.35. The molecule has 2 heteroatoms. The van der Waals surface area contributed by atoms with Gasteiger partial charge < -0.3 is 0 Å². The van der Waals surface area contributed by atoms with Gasteiger partial charge in [-0.1, -0.05) is 0 Å². The molecule has 0 N–H and O–H groups in total. The van der Waals surface area contributed by atoms with Crippen LogP contribution in [0.2, 0.25) is 17.7 Å². The van der Waals surface area contributed by atoms with Crippen LogP contribution in [0.4, 0.5) is 0 Å². The summed E-state index contributed by atoms with van der Waals surface area (Å²) in [5.74, 6) is 0. The number of unbranched alkanes of at least 4 members (excludes halogenated alkanes) is 4. The standard InChI is InChI=1S/2C21H15.2C5H11.2CH3.Hf.H2Si/c2*1-2-8-16(9-3-1)18-12-4-5-13-20(18)21-15-7-11-17-10-6-14-19(17)21;2*1-3-5-4-2;;;;/h2*1-15H;2*1,3-5H2,2H3;2*1H3;;1H2. The van der Waals surface area contributed by atoms with E-state index < -0.39 is 14.2 Å². The molecule has 0 radical (unpaired) electrons. The molecule has 2 aliphatic carbocycles. The number of hydrogen-bond acceptors (Lipinski definition) is 0. The second-order valence-electron chi connectivity index (χ2n) is 19.9. The van der Waals surface area contributed by atoms with E-state index in [4.69, 9.17) is 0 Å². The monoisotopic (exact) mass is 916 g/mol. The van der Waals surface area contributed by atoms with Crippen LogP contribution in [0.15, 0.2) is 158 Å². The number of allylic oxidation sites excluding steroid dienone is 2. The summed E-state index contributed by atoms with van der Waals surface area (Å²) in [6.45, 7) is 7.37. The van der Waals surface area contributed by atoms with E-state index in [2.05, 4.69) is 200 Å². The molecule has 0 heterocycles. The third kappa shape index (κ3) is 6.27. The van der Waals surface area contributed by atoms with Crippen molar-refractivity contribution in [3.63, 3.8) is 0 Å². The predicted molar refractivity (Wildman–Crippen MR) is 247 cm³/mol. The molecule has 0 fully saturated rings. The molecule has 0 amide bonds. The number of hydrogen-bond donors (Lipinski definition) is 0. The van der Waals surface area contributed by atoms with Crippen molar-refractivity contribution in [1.29, 1.82) is 0 Å². The van der Waals surface area contributed by atoms with Crippen LogP contribution in [-0.4, -0.2) is 6.94 Å². The van der Waals surface area contributed by atoms with E-state index in [1.807, 2.05) is 0 Å². The van der Waals surface area contributed by atoms with E-state index in [-0.39, 0.29) is 0 Å². The molecule has 0 nitrogen and oxygen atoms in total. The van der Waals surface area contributed by atoms with Crippen LogP contribution in [0.25, 0.3) is 56.7 Å². The first-order chi connectivity index (χ1) is 27.1. The van der Waals surface area contributed by atoms with Crippen molar-refractivity contribution in [3.8, 4) is 44.5 Å². The van der Waals surface area contributed by atoms with Crippen molar-refractivity contribution < 1.29 is 14.2 Å². The summed E-state index contributed by atoms with van der Waals surface area (Å²) in [4.78, 5) is 0. The molecular formula is C54H60HfSi. The van der Waals surface area contributed by atoms with E-state index in [0.29, 0.717) is 7.35 Å². The summed E-state index contributed by atoms with van der Waals surface area (Å²) in [5, 5.41) is 0. The number of rotatable bonds is 14. The Bertz CT molecular complexity index is 2420. The maximum absolute atomic E-state index is 5.29. The molecule has 0 saturated heterocycles. The van der Waals surface area contributed by atoms with Gasteiger partial charge in [-0.05, 0) is 0 Å². The van der Waals surface area contributed by atoms with Gasteiger partial charge in [0.05, 0.1) is 0 Å². The molecule has 0 bridgehead atoms. The Hall–Kier alpha value is -4.11.